The molecule has 0 saturated carbocycles. The van der Waals surface area contributed by atoms with Crippen LogP contribution in [-0.2, 0) is 29.2 Å². The number of carbonyl (C=O) groups excluding carboxylic acids is 2. The lowest BCUT2D eigenvalue weighted by molar-refractivity contribution is -0.165. The third-order valence-corrected chi connectivity index (χ3v) is 5.69. The second-order valence-corrected chi connectivity index (χ2v) is 11.5. The van der Waals surface area contributed by atoms with Crippen LogP contribution >= 0.6 is 0 Å². The van der Waals surface area contributed by atoms with Gasteiger partial charge in [0.25, 0.3) is 0 Å². The summed E-state index contributed by atoms with van der Waals surface area (Å²) in [5.74, 6) is -2.82. The summed E-state index contributed by atoms with van der Waals surface area (Å²) in [6.45, 7) is 12.0. The van der Waals surface area contributed by atoms with E-state index in [2.05, 4.69) is 0 Å². The third-order valence-electron chi connectivity index (χ3n) is 4.43. The second kappa shape index (κ2) is 10.1. The van der Waals surface area contributed by atoms with E-state index in [1.165, 1.54) is 30.3 Å². The van der Waals surface area contributed by atoms with Crippen molar-refractivity contribution in [3.63, 3.8) is 0 Å². The van der Waals surface area contributed by atoms with Gasteiger partial charge in [0.1, 0.15) is 33.8 Å². The normalized spacial score (nSPS) is 14.1. The number of benzene rings is 2. The Kier molecular flexibility index (Phi) is 8.16. The molecule has 0 spiro atoms. The van der Waals surface area contributed by atoms with Crippen LogP contribution in [0.25, 0.3) is 0 Å². The van der Waals surface area contributed by atoms with E-state index in [0.717, 1.165) is 5.56 Å². The maximum absolute atomic E-state index is 13.1. The Hall–Kier alpha value is -2.91. The van der Waals surface area contributed by atoms with Crippen molar-refractivity contribution in [3.05, 3.63) is 59.7 Å². The van der Waals surface area contributed by atoms with E-state index in [-0.39, 0.29) is 16.2 Å². The fourth-order valence-corrected chi connectivity index (χ4v) is 3.92. The van der Waals surface area contributed by atoms with Gasteiger partial charge in [-0.15, -0.1) is 0 Å². The maximum atomic E-state index is 13.1. The predicted octanol–water partition coefficient (Wildman–Crippen LogP) is 3.86. The highest BCUT2D eigenvalue weighted by Crippen LogP contribution is 2.29. The van der Waals surface area contributed by atoms with E-state index in [1.54, 1.807) is 59.7 Å². The molecule has 0 aliphatic heterocycles. The third kappa shape index (κ3) is 7.85. The quantitative estimate of drug-likeness (QED) is 0.458. The smallest absolute Gasteiger partial charge is 0.339 e. The van der Waals surface area contributed by atoms with Crippen molar-refractivity contribution >= 4 is 22.1 Å². The standard InChI is InChI=1S/C25H33NO7S/c1-16-11-13-19(14-12-16)34(29,30)33-18-10-8-9-17(15-18)20(22(27)31-24(2,3)4)21(26)23(28)32-25(5,6)7/h8-15,20-21H,26H2,1-7H3. The first-order valence-corrected chi connectivity index (χ1v) is 12.2. The van der Waals surface area contributed by atoms with E-state index in [4.69, 9.17) is 19.4 Å². The van der Waals surface area contributed by atoms with Gasteiger partial charge in [-0.25, -0.2) is 0 Å². The summed E-state index contributed by atoms with van der Waals surface area (Å²) in [5.41, 5.74) is 5.66. The molecule has 2 rings (SSSR count). The summed E-state index contributed by atoms with van der Waals surface area (Å²) in [5, 5.41) is 0. The van der Waals surface area contributed by atoms with Gasteiger partial charge in [-0.2, -0.15) is 8.42 Å². The molecular formula is C25H33NO7S. The topological polar surface area (TPSA) is 122 Å². The molecule has 2 aromatic carbocycles. The van der Waals surface area contributed by atoms with Crippen LogP contribution in [0.3, 0.4) is 0 Å². The van der Waals surface area contributed by atoms with Crippen LogP contribution in [0.15, 0.2) is 53.4 Å². The summed E-state index contributed by atoms with van der Waals surface area (Å²) in [6.07, 6.45) is 0. The van der Waals surface area contributed by atoms with Gasteiger partial charge in [0, 0.05) is 0 Å². The van der Waals surface area contributed by atoms with Gasteiger partial charge in [0.2, 0.25) is 0 Å². The summed E-state index contributed by atoms with van der Waals surface area (Å²) in [4.78, 5) is 25.7. The molecule has 2 atom stereocenters. The minimum Gasteiger partial charge on any atom is -0.459 e. The number of esters is 2. The predicted molar refractivity (Wildman–Crippen MR) is 128 cm³/mol. The van der Waals surface area contributed by atoms with Gasteiger partial charge in [-0.3, -0.25) is 9.59 Å². The average molecular weight is 492 g/mol. The molecule has 0 saturated heterocycles. The number of hydrogen-bond donors (Lipinski definition) is 1. The Labute approximate surface area is 201 Å². The number of hydrogen-bond acceptors (Lipinski definition) is 8. The molecule has 2 unspecified atom stereocenters. The molecule has 2 N–H and O–H groups in total. The van der Waals surface area contributed by atoms with E-state index in [1.807, 2.05) is 6.92 Å². The Bertz CT molecular complexity index is 1130. The summed E-state index contributed by atoms with van der Waals surface area (Å²) >= 11 is 0. The van der Waals surface area contributed by atoms with Crippen LogP contribution in [-0.4, -0.2) is 37.6 Å². The maximum Gasteiger partial charge on any atom is 0.339 e. The Morgan fingerprint density at radius 2 is 1.38 bits per heavy atom. The molecule has 0 amide bonds. The minimum atomic E-state index is -4.12. The highest BCUT2D eigenvalue weighted by molar-refractivity contribution is 7.87. The molecular weight excluding hydrogens is 458 g/mol. The van der Waals surface area contributed by atoms with E-state index >= 15 is 0 Å². The lowest BCUT2D eigenvalue weighted by Crippen LogP contribution is -2.45. The zero-order chi connectivity index (χ0) is 25.9. The molecule has 2 aromatic rings. The van der Waals surface area contributed by atoms with Gasteiger partial charge in [-0.1, -0.05) is 29.8 Å². The number of carbonyl (C=O) groups is 2. The van der Waals surface area contributed by atoms with E-state index < -0.39 is 45.2 Å². The van der Waals surface area contributed by atoms with Crippen molar-refractivity contribution in [3.8, 4) is 5.75 Å². The molecule has 0 fully saturated rings. The first kappa shape index (κ1) is 27.3. The Morgan fingerprint density at radius 3 is 1.91 bits per heavy atom. The molecule has 0 aromatic heterocycles. The molecule has 0 radical (unpaired) electrons. The average Bonchev–Trinajstić information content (AvgIpc) is 2.65. The van der Waals surface area contributed by atoms with Crippen LogP contribution in [0.4, 0.5) is 0 Å². The van der Waals surface area contributed by atoms with Crippen molar-refractivity contribution in [1.82, 2.24) is 0 Å². The highest BCUT2D eigenvalue weighted by Gasteiger charge is 2.38. The number of aryl methyl sites for hydroxylation is 1. The largest absolute Gasteiger partial charge is 0.459 e. The van der Waals surface area contributed by atoms with E-state index in [9.17, 15) is 18.0 Å². The number of nitrogens with two attached hydrogens (primary N) is 1. The van der Waals surface area contributed by atoms with Gasteiger partial charge >= 0.3 is 22.1 Å². The summed E-state index contributed by atoms with van der Waals surface area (Å²) < 4.78 is 41.5. The van der Waals surface area contributed by atoms with Crippen LogP contribution in [0.5, 0.6) is 5.75 Å². The van der Waals surface area contributed by atoms with Crippen LogP contribution in [0, 0.1) is 6.92 Å². The van der Waals surface area contributed by atoms with Gasteiger partial charge < -0.3 is 19.4 Å². The first-order valence-electron chi connectivity index (χ1n) is 10.8. The zero-order valence-corrected chi connectivity index (χ0v) is 21.4. The molecule has 0 heterocycles. The minimum absolute atomic E-state index is 0.0161. The van der Waals surface area contributed by atoms with Gasteiger partial charge in [-0.05, 0) is 78.3 Å². The second-order valence-electron chi connectivity index (χ2n) is 9.99. The Morgan fingerprint density at radius 1 is 0.853 bits per heavy atom. The lowest BCUT2D eigenvalue weighted by atomic mass is 9.91. The van der Waals surface area contributed by atoms with Crippen LogP contribution < -0.4 is 9.92 Å². The van der Waals surface area contributed by atoms with Crippen molar-refractivity contribution in [2.45, 2.75) is 76.5 Å². The van der Waals surface area contributed by atoms with E-state index in [0.29, 0.717) is 0 Å². The van der Waals surface area contributed by atoms with Crippen molar-refractivity contribution in [2.24, 2.45) is 5.73 Å². The molecule has 8 nitrogen and oxygen atoms in total. The first-order chi connectivity index (χ1) is 15.5. The van der Waals surface area contributed by atoms with Gasteiger partial charge in [0.05, 0.1) is 0 Å². The SMILES string of the molecule is Cc1ccc(S(=O)(=O)Oc2cccc(C(C(=O)OC(C)(C)C)C(N)C(=O)OC(C)(C)C)c2)cc1. The number of ether oxygens (including phenoxy) is 2. The van der Waals surface area contributed by atoms with Crippen LogP contribution in [0.2, 0.25) is 0 Å². The molecule has 0 bridgehead atoms. The lowest BCUT2D eigenvalue weighted by Gasteiger charge is -2.29. The van der Waals surface area contributed by atoms with Crippen molar-refractivity contribution in [2.75, 3.05) is 0 Å². The highest BCUT2D eigenvalue weighted by atomic mass is 32.2. The molecule has 34 heavy (non-hydrogen) atoms. The summed E-state index contributed by atoms with van der Waals surface area (Å²) in [6, 6.07) is 10.6. The zero-order valence-electron chi connectivity index (χ0n) is 20.6. The van der Waals surface area contributed by atoms with Gasteiger partial charge in [0.15, 0.2) is 0 Å². The molecule has 186 valence electrons. The van der Waals surface area contributed by atoms with Crippen molar-refractivity contribution in [1.29, 1.82) is 0 Å². The molecule has 0 aliphatic carbocycles. The Balaban J connectivity index is 2.43. The summed E-state index contributed by atoms with van der Waals surface area (Å²) in [7, 11) is -4.12. The molecule has 9 heteroatoms. The molecule has 0 aliphatic rings. The van der Waals surface area contributed by atoms with Crippen molar-refractivity contribution < 1.29 is 31.7 Å². The fraction of sp³-hybridized carbons (Fsp3) is 0.440. The fourth-order valence-electron chi connectivity index (χ4n) is 3.00. The van der Waals surface area contributed by atoms with Crippen LogP contribution in [0.1, 0.15) is 58.6 Å². The monoisotopic (exact) mass is 491 g/mol. The number of rotatable bonds is 7.